The first-order chi connectivity index (χ1) is 22.3. The topological polar surface area (TPSA) is 21.9 Å². The standard InChI is InChI=1S/C42H22N2O/c1-43-41-30-16-7-3-12-26(30)38(27-13-4-8-17-31(27)41)25-22-23-34-37(24-25)45-36-21-11-20-35(40(34)36)39-28-14-5-9-18-32(28)42(44-2)33-19-10-6-15-29(33)39/h3-24H. The summed E-state index contributed by atoms with van der Waals surface area (Å²) >= 11 is 0. The fourth-order valence-electron chi connectivity index (χ4n) is 7.24. The number of fused-ring (bicyclic) bond motifs is 7. The summed E-state index contributed by atoms with van der Waals surface area (Å²) in [6, 6.07) is 45.5. The van der Waals surface area contributed by atoms with Crippen LogP contribution in [0.3, 0.4) is 0 Å². The Labute approximate surface area is 258 Å². The maximum Gasteiger partial charge on any atom is 0.202 e. The van der Waals surface area contributed by atoms with Gasteiger partial charge in [-0.25, -0.2) is 9.69 Å². The van der Waals surface area contributed by atoms with Crippen molar-refractivity contribution in [1.29, 1.82) is 0 Å². The molecule has 3 heteroatoms. The number of rotatable bonds is 2. The fourth-order valence-corrected chi connectivity index (χ4v) is 7.24. The van der Waals surface area contributed by atoms with Gasteiger partial charge >= 0.3 is 0 Å². The van der Waals surface area contributed by atoms with Crippen molar-refractivity contribution in [2.45, 2.75) is 0 Å². The zero-order chi connectivity index (χ0) is 30.1. The van der Waals surface area contributed by atoms with Crippen LogP contribution in [0.5, 0.6) is 0 Å². The summed E-state index contributed by atoms with van der Waals surface area (Å²) in [5.41, 5.74) is 7.33. The fraction of sp³-hybridized carbons (Fsp3) is 0. The third kappa shape index (κ3) is 3.50. The van der Waals surface area contributed by atoms with Crippen molar-refractivity contribution < 1.29 is 4.42 Å². The largest absolute Gasteiger partial charge is 0.456 e. The first-order valence-electron chi connectivity index (χ1n) is 14.8. The molecule has 3 nitrogen and oxygen atoms in total. The van der Waals surface area contributed by atoms with Gasteiger partial charge in [0, 0.05) is 10.8 Å². The Kier molecular flexibility index (Phi) is 5.33. The molecule has 1 aromatic heterocycles. The van der Waals surface area contributed by atoms with E-state index in [9.17, 15) is 0 Å². The van der Waals surface area contributed by atoms with Crippen molar-refractivity contribution in [3.63, 3.8) is 0 Å². The second-order valence-corrected chi connectivity index (χ2v) is 11.3. The number of benzene rings is 8. The molecular formula is C42H22N2O. The quantitative estimate of drug-likeness (QED) is 0.150. The van der Waals surface area contributed by atoms with Gasteiger partial charge in [0.15, 0.2) is 0 Å². The molecule has 0 aliphatic heterocycles. The number of furan rings is 1. The number of nitrogens with zero attached hydrogens (tertiary/aromatic N) is 2. The molecule has 45 heavy (non-hydrogen) atoms. The Bertz CT molecular complexity index is 2680. The average Bonchev–Trinajstić information content (AvgIpc) is 3.47. The Balaban J connectivity index is 1.36. The monoisotopic (exact) mass is 570 g/mol. The second-order valence-electron chi connectivity index (χ2n) is 11.3. The van der Waals surface area contributed by atoms with Crippen LogP contribution in [0.2, 0.25) is 0 Å². The van der Waals surface area contributed by atoms with E-state index in [2.05, 4.69) is 64.3 Å². The second kappa shape index (κ2) is 9.55. The molecule has 0 unspecified atom stereocenters. The van der Waals surface area contributed by atoms with E-state index < -0.39 is 0 Å². The van der Waals surface area contributed by atoms with E-state index in [1.54, 1.807) is 0 Å². The Hall–Kier alpha value is -6.42. The molecule has 0 spiro atoms. The van der Waals surface area contributed by atoms with Crippen LogP contribution in [0.1, 0.15) is 0 Å². The molecule has 0 bridgehead atoms. The summed E-state index contributed by atoms with van der Waals surface area (Å²) < 4.78 is 6.62. The molecule has 0 fully saturated rings. The van der Waals surface area contributed by atoms with Crippen molar-refractivity contribution in [3.8, 4) is 22.3 Å². The van der Waals surface area contributed by atoms with Crippen molar-refractivity contribution in [2.75, 3.05) is 0 Å². The van der Waals surface area contributed by atoms with Gasteiger partial charge in [-0.2, -0.15) is 0 Å². The summed E-state index contributed by atoms with van der Waals surface area (Å²) in [5, 5.41) is 10.1. The van der Waals surface area contributed by atoms with Crippen molar-refractivity contribution >= 4 is 76.4 Å². The average molecular weight is 571 g/mol. The van der Waals surface area contributed by atoms with Crippen LogP contribution in [0.25, 0.3) is 97.0 Å². The van der Waals surface area contributed by atoms with Crippen LogP contribution in [-0.4, -0.2) is 0 Å². The van der Waals surface area contributed by atoms with Crippen LogP contribution in [0.4, 0.5) is 11.4 Å². The molecule has 0 radical (unpaired) electrons. The molecule has 9 aromatic rings. The van der Waals surface area contributed by atoms with Gasteiger partial charge in [0.25, 0.3) is 0 Å². The molecule has 0 aliphatic rings. The lowest BCUT2D eigenvalue weighted by atomic mass is 9.88. The van der Waals surface area contributed by atoms with E-state index in [0.717, 1.165) is 87.3 Å². The molecule has 0 N–H and O–H groups in total. The van der Waals surface area contributed by atoms with Gasteiger partial charge in [0.2, 0.25) is 11.4 Å². The molecule has 0 aliphatic carbocycles. The lowest BCUT2D eigenvalue weighted by molar-refractivity contribution is 0.669. The SMILES string of the molecule is [C-]#[N+]c1c2ccccc2c(-c2ccc3c(c2)oc2cccc(-c4c5ccccc5c([N+]#[C-])c5ccccc45)c23)c2ccccc12. The van der Waals surface area contributed by atoms with Crippen LogP contribution in [-0.2, 0) is 0 Å². The van der Waals surface area contributed by atoms with Gasteiger partial charge in [0.05, 0.1) is 13.1 Å². The highest BCUT2D eigenvalue weighted by molar-refractivity contribution is 6.26. The van der Waals surface area contributed by atoms with Gasteiger partial charge in [-0.15, -0.1) is 0 Å². The molecule has 9 rings (SSSR count). The lowest BCUT2D eigenvalue weighted by Crippen LogP contribution is -1.88. The number of hydrogen-bond donors (Lipinski definition) is 0. The minimum atomic E-state index is 0.683. The zero-order valence-corrected chi connectivity index (χ0v) is 24.0. The summed E-state index contributed by atoms with van der Waals surface area (Å²) in [5.74, 6) is 0. The van der Waals surface area contributed by atoms with Crippen LogP contribution in [0, 0.1) is 13.1 Å². The minimum absolute atomic E-state index is 0.683. The Morgan fingerprint density at radius 2 is 0.867 bits per heavy atom. The Morgan fingerprint density at radius 3 is 1.36 bits per heavy atom. The van der Waals surface area contributed by atoms with Crippen LogP contribution >= 0.6 is 0 Å². The van der Waals surface area contributed by atoms with E-state index in [4.69, 9.17) is 17.6 Å². The predicted molar refractivity (Wildman–Crippen MR) is 187 cm³/mol. The highest BCUT2D eigenvalue weighted by atomic mass is 16.3. The predicted octanol–water partition coefficient (Wildman–Crippen LogP) is 12.6. The number of hydrogen-bond acceptors (Lipinski definition) is 1. The molecular weight excluding hydrogens is 548 g/mol. The Morgan fingerprint density at radius 1 is 0.400 bits per heavy atom. The van der Waals surface area contributed by atoms with E-state index in [1.807, 2.05) is 78.9 Å². The van der Waals surface area contributed by atoms with Crippen molar-refractivity contribution in [2.24, 2.45) is 0 Å². The highest BCUT2D eigenvalue weighted by Gasteiger charge is 2.21. The van der Waals surface area contributed by atoms with Crippen LogP contribution < -0.4 is 0 Å². The van der Waals surface area contributed by atoms with E-state index >= 15 is 0 Å². The van der Waals surface area contributed by atoms with Gasteiger partial charge in [-0.05, 0) is 83.5 Å². The summed E-state index contributed by atoms with van der Waals surface area (Å²) in [6.45, 7) is 16.0. The maximum atomic E-state index is 8.01. The smallest absolute Gasteiger partial charge is 0.202 e. The lowest BCUT2D eigenvalue weighted by Gasteiger charge is -2.15. The highest BCUT2D eigenvalue weighted by Crippen LogP contribution is 2.48. The van der Waals surface area contributed by atoms with E-state index in [1.165, 1.54) is 0 Å². The molecule has 0 saturated carbocycles. The van der Waals surface area contributed by atoms with Gasteiger partial charge in [0.1, 0.15) is 11.2 Å². The van der Waals surface area contributed by atoms with Gasteiger partial charge in [-0.3, -0.25) is 0 Å². The van der Waals surface area contributed by atoms with E-state index in [0.29, 0.717) is 11.4 Å². The normalized spacial score (nSPS) is 11.5. The summed E-state index contributed by atoms with van der Waals surface area (Å²) in [6.07, 6.45) is 0. The van der Waals surface area contributed by atoms with Gasteiger partial charge < -0.3 is 4.42 Å². The first kappa shape index (κ1) is 25.1. The molecule has 0 saturated heterocycles. The summed E-state index contributed by atoms with van der Waals surface area (Å²) in [7, 11) is 0. The maximum absolute atomic E-state index is 8.01. The third-order valence-electron chi connectivity index (χ3n) is 9.08. The van der Waals surface area contributed by atoms with E-state index in [-0.39, 0.29) is 0 Å². The molecule has 0 atom stereocenters. The molecule has 8 aromatic carbocycles. The summed E-state index contributed by atoms with van der Waals surface area (Å²) in [4.78, 5) is 7.92. The van der Waals surface area contributed by atoms with Crippen molar-refractivity contribution in [3.05, 3.63) is 156 Å². The minimum Gasteiger partial charge on any atom is -0.456 e. The first-order valence-corrected chi connectivity index (χ1v) is 14.8. The molecule has 1 heterocycles. The molecule has 0 amide bonds. The zero-order valence-electron chi connectivity index (χ0n) is 24.0. The van der Waals surface area contributed by atoms with Gasteiger partial charge in [-0.1, -0.05) is 115 Å². The third-order valence-corrected chi connectivity index (χ3v) is 9.08. The van der Waals surface area contributed by atoms with Crippen molar-refractivity contribution in [1.82, 2.24) is 0 Å². The molecule has 206 valence electrons. The van der Waals surface area contributed by atoms with Crippen LogP contribution in [0.15, 0.2) is 138 Å².